The van der Waals surface area contributed by atoms with Crippen molar-refractivity contribution in [2.24, 2.45) is 5.73 Å². The smallest absolute Gasteiger partial charge is 0.379 e. The lowest BCUT2D eigenvalue weighted by molar-refractivity contribution is -0.267. The predicted octanol–water partition coefficient (Wildman–Crippen LogP) is 1.34. The minimum absolute atomic E-state index is 0.0835. The van der Waals surface area contributed by atoms with Gasteiger partial charge in [-0.2, -0.15) is 13.2 Å². The van der Waals surface area contributed by atoms with Crippen LogP contribution in [-0.4, -0.2) is 43.5 Å². The third-order valence-electron chi connectivity index (χ3n) is 2.53. The number of hydrogen-bond acceptors (Lipinski definition) is 3. The largest absolute Gasteiger partial charge is 0.460 e. The number of rotatable bonds is 4. The van der Waals surface area contributed by atoms with Crippen LogP contribution in [0.25, 0.3) is 0 Å². The molecule has 2 N–H and O–H groups in total. The molecule has 0 aliphatic carbocycles. The van der Waals surface area contributed by atoms with Gasteiger partial charge in [-0.25, -0.2) is 4.90 Å². The Morgan fingerprint density at radius 3 is 2.67 bits per heavy atom. The molecule has 15 heavy (non-hydrogen) atoms. The molecule has 0 spiro atoms. The van der Waals surface area contributed by atoms with E-state index in [0.717, 1.165) is 6.42 Å². The summed E-state index contributed by atoms with van der Waals surface area (Å²) in [4.78, 5) is 0.576. The van der Waals surface area contributed by atoms with Gasteiger partial charge in [0.1, 0.15) is 0 Å². The van der Waals surface area contributed by atoms with E-state index in [0.29, 0.717) is 30.9 Å². The highest BCUT2D eigenvalue weighted by molar-refractivity contribution is 4.78. The summed E-state index contributed by atoms with van der Waals surface area (Å²) in [5.74, 6) is 0. The maximum atomic E-state index is 12.5. The van der Waals surface area contributed by atoms with Crippen molar-refractivity contribution < 1.29 is 17.9 Å². The van der Waals surface area contributed by atoms with Gasteiger partial charge >= 0.3 is 6.30 Å². The van der Waals surface area contributed by atoms with Crippen molar-refractivity contribution in [3.63, 3.8) is 0 Å². The molecule has 1 aliphatic heterocycles. The van der Waals surface area contributed by atoms with Crippen molar-refractivity contribution in [1.82, 2.24) is 4.90 Å². The molecule has 3 nitrogen and oxygen atoms in total. The van der Waals surface area contributed by atoms with Gasteiger partial charge in [0.2, 0.25) is 0 Å². The Bertz CT molecular complexity index is 187. The van der Waals surface area contributed by atoms with Crippen LogP contribution in [0.2, 0.25) is 0 Å². The minimum atomic E-state index is -4.24. The molecule has 0 radical (unpaired) electrons. The zero-order valence-corrected chi connectivity index (χ0v) is 8.59. The SMILES string of the molecule is NCCOC[C@@H]1CCCCN1C(F)(F)F. The second kappa shape index (κ2) is 5.67. The minimum Gasteiger partial charge on any atom is -0.379 e. The molecule has 1 rings (SSSR count). The highest BCUT2D eigenvalue weighted by Gasteiger charge is 2.42. The molecule has 90 valence electrons. The third kappa shape index (κ3) is 3.96. The first-order valence-electron chi connectivity index (χ1n) is 5.17. The number of piperidine rings is 1. The van der Waals surface area contributed by atoms with Gasteiger partial charge in [-0.3, -0.25) is 0 Å². The van der Waals surface area contributed by atoms with E-state index in [1.54, 1.807) is 0 Å². The van der Waals surface area contributed by atoms with Gasteiger partial charge in [-0.1, -0.05) is 6.42 Å². The lowest BCUT2D eigenvalue weighted by atomic mass is 10.0. The average Bonchev–Trinajstić information content (AvgIpc) is 2.17. The van der Waals surface area contributed by atoms with Gasteiger partial charge in [-0.15, -0.1) is 0 Å². The molecule has 0 aromatic heterocycles. The monoisotopic (exact) mass is 226 g/mol. The van der Waals surface area contributed by atoms with Crippen LogP contribution in [0.1, 0.15) is 19.3 Å². The Labute approximate surface area is 87.4 Å². The quantitative estimate of drug-likeness (QED) is 0.580. The van der Waals surface area contributed by atoms with E-state index < -0.39 is 12.3 Å². The summed E-state index contributed by atoms with van der Waals surface area (Å²) < 4.78 is 42.7. The summed E-state index contributed by atoms with van der Waals surface area (Å²) in [6.45, 7) is 0.873. The van der Waals surface area contributed by atoms with E-state index in [2.05, 4.69) is 0 Å². The third-order valence-corrected chi connectivity index (χ3v) is 2.53. The fraction of sp³-hybridized carbons (Fsp3) is 1.00. The topological polar surface area (TPSA) is 38.5 Å². The number of halogens is 3. The Balaban J connectivity index is 2.43. The standard InChI is InChI=1S/C9H17F3N2O/c10-9(11,12)14-5-2-1-3-8(14)7-15-6-4-13/h8H,1-7,13H2/t8-/m0/s1. The van der Waals surface area contributed by atoms with E-state index in [9.17, 15) is 13.2 Å². The van der Waals surface area contributed by atoms with Gasteiger partial charge in [0.15, 0.2) is 0 Å². The first-order chi connectivity index (χ1) is 7.05. The number of nitrogens with two attached hydrogens (primary N) is 1. The van der Waals surface area contributed by atoms with Gasteiger partial charge in [0.05, 0.1) is 13.2 Å². The van der Waals surface area contributed by atoms with E-state index >= 15 is 0 Å². The summed E-state index contributed by atoms with van der Waals surface area (Å²) in [7, 11) is 0. The molecular formula is C9H17F3N2O. The molecule has 1 fully saturated rings. The Kier molecular flexibility index (Phi) is 4.82. The summed E-state index contributed by atoms with van der Waals surface area (Å²) in [5.41, 5.74) is 5.20. The van der Waals surface area contributed by atoms with Crippen molar-refractivity contribution in [2.45, 2.75) is 31.6 Å². The number of likely N-dealkylation sites (tertiary alicyclic amines) is 1. The lowest BCUT2D eigenvalue weighted by Crippen LogP contribution is -2.50. The second-order valence-corrected chi connectivity index (χ2v) is 3.67. The molecule has 6 heteroatoms. The Hall–Kier alpha value is -0.330. The fourth-order valence-electron chi connectivity index (χ4n) is 1.81. The first-order valence-corrected chi connectivity index (χ1v) is 5.17. The predicted molar refractivity (Wildman–Crippen MR) is 50.3 cm³/mol. The van der Waals surface area contributed by atoms with Gasteiger partial charge < -0.3 is 10.5 Å². The average molecular weight is 226 g/mol. The molecule has 1 atom stereocenters. The molecule has 0 aromatic rings. The van der Waals surface area contributed by atoms with Crippen molar-refractivity contribution in [2.75, 3.05) is 26.3 Å². The summed E-state index contributed by atoms with van der Waals surface area (Å²) >= 11 is 0. The van der Waals surface area contributed by atoms with E-state index in [4.69, 9.17) is 10.5 Å². The van der Waals surface area contributed by atoms with E-state index in [1.165, 1.54) is 0 Å². The fourth-order valence-corrected chi connectivity index (χ4v) is 1.81. The van der Waals surface area contributed by atoms with Crippen LogP contribution in [0.15, 0.2) is 0 Å². The van der Waals surface area contributed by atoms with Crippen LogP contribution < -0.4 is 5.73 Å². The van der Waals surface area contributed by atoms with Crippen LogP contribution in [0, 0.1) is 0 Å². The van der Waals surface area contributed by atoms with Gasteiger partial charge in [0.25, 0.3) is 0 Å². The van der Waals surface area contributed by atoms with Crippen molar-refractivity contribution >= 4 is 0 Å². The van der Waals surface area contributed by atoms with Gasteiger partial charge in [-0.05, 0) is 12.8 Å². The molecular weight excluding hydrogens is 209 g/mol. The van der Waals surface area contributed by atoms with Crippen LogP contribution in [0.4, 0.5) is 13.2 Å². The number of alkyl halides is 3. The Morgan fingerprint density at radius 2 is 2.07 bits per heavy atom. The van der Waals surface area contributed by atoms with Crippen LogP contribution >= 0.6 is 0 Å². The molecule has 1 heterocycles. The van der Waals surface area contributed by atoms with Crippen LogP contribution in [0.3, 0.4) is 0 Å². The van der Waals surface area contributed by atoms with Crippen molar-refractivity contribution in [1.29, 1.82) is 0 Å². The Morgan fingerprint density at radius 1 is 1.33 bits per heavy atom. The molecule has 1 saturated heterocycles. The summed E-state index contributed by atoms with van der Waals surface area (Å²) in [5, 5.41) is 0. The maximum absolute atomic E-state index is 12.5. The highest BCUT2D eigenvalue weighted by atomic mass is 19.4. The molecule has 0 aromatic carbocycles. The maximum Gasteiger partial charge on any atom is 0.460 e. The lowest BCUT2D eigenvalue weighted by Gasteiger charge is -2.36. The first kappa shape index (κ1) is 12.7. The molecule has 0 bridgehead atoms. The molecule has 0 amide bonds. The molecule has 0 saturated carbocycles. The number of ether oxygens (including phenoxy) is 1. The van der Waals surface area contributed by atoms with E-state index in [-0.39, 0.29) is 13.2 Å². The second-order valence-electron chi connectivity index (χ2n) is 3.67. The van der Waals surface area contributed by atoms with Crippen molar-refractivity contribution in [3.8, 4) is 0 Å². The normalized spacial score (nSPS) is 24.4. The van der Waals surface area contributed by atoms with Crippen LogP contribution in [-0.2, 0) is 4.74 Å². The number of nitrogens with zero attached hydrogens (tertiary/aromatic N) is 1. The van der Waals surface area contributed by atoms with Crippen molar-refractivity contribution in [3.05, 3.63) is 0 Å². The van der Waals surface area contributed by atoms with Gasteiger partial charge in [0, 0.05) is 19.1 Å². The molecule has 0 unspecified atom stereocenters. The van der Waals surface area contributed by atoms with E-state index in [1.807, 2.05) is 0 Å². The number of hydrogen-bond donors (Lipinski definition) is 1. The molecule has 1 aliphatic rings. The zero-order valence-electron chi connectivity index (χ0n) is 8.59. The highest BCUT2D eigenvalue weighted by Crippen LogP contribution is 2.29. The summed E-state index contributed by atoms with van der Waals surface area (Å²) in [6, 6.07) is -0.537. The zero-order chi connectivity index (χ0) is 11.3. The van der Waals surface area contributed by atoms with Crippen LogP contribution in [0.5, 0.6) is 0 Å². The summed E-state index contributed by atoms with van der Waals surface area (Å²) in [6.07, 6.45) is -2.25.